The van der Waals surface area contributed by atoms with Crippen LogP contribution < -0.4 is 0 Å². The number of nitrogens with zero attached hydrogens (tertiary/aromatic N) is 1. The zero-order chi connectivity index (χ0) is 12.4. The topological polar surface area (TPSA) is 59.3 Å². The SMILES string of the molecule is Cn1cc(C(=O)c2ccccc2)cc1C(=O)O. The van der Waals surface area contributed by atoms with Crippen molar-refractivity contribution < 1.29 is 14.7 Å². The summed E-state index contributed by atoms with van der Waals surface area (Å²) < 4.78 is 1.43. The Morgan fingerprint density at radius 3 is 2.29 bits per heavy atom. The van der Waals surface area contributed by atoms with Crippen LogP contribution in [0.15, 0.2) is 42.6 Å². The van der Waals surface area contributed by atoms with E-state index in [-0.39, 0.29) is 11.5 Å². The fourth-order valence-electron chi connectivity index (χ4n) is 1.66. The molecule has 1 N–H and O–H groups in total. The Hall–Kier alpha value is -2.36. The maximum atomic E-state index is 12.0. The van der Waals surface area contributed by atoms with Gasteiger partial charge in [0, 0.05) is 24.4 Å². The van der Waals surface area contributed by atoms with E-state index in [4.69, 9.17) is 5.11 Å². The first-order chi connectivity index (χ1) is 8.09. The van der Waals surface area contributed by atoms with E-state index < -0.39 is 5.97 Å². The van der Waals surface area contributed by atoms with E-state index in [1.54, 1.807) is 31.3 Å². The lowest BCUT2D eigenvalue weighted by atomic mass is 10.1. The van der Waals surface area contributed by atoms with Gasteiger partial charge in [0.2, 0.25) is 0 Å². The van der Waals surface area contributed by atoms with Crippen LogP contribution >= 0.6 is 0 Å². The van der Waals surface area contributed by atoms with Gasteiger partial charge in [-0.05, 0) is 6.07 Å². The fraction of sp³-hybridized carbons (Fsp3) is 0.0769. The average molecular weight is 229 g/mol. The number of carbonyl (C=O) groups excluding carboxylic acids is 1. The summed E-state index contributed by atoms with van der Waals surface area (Å²) in [6, 6.07) is 10.2. The van der Waals surface area contributed by atoms with Crippen LogP contribution in [-0.2, 0) is 7.05 Å². The Balaban J connectivity index is 2.39. The van der Waals surface area contributed by atoms with Crippen LogP contribution in [0.5, 0.6) is 0 Å². The number of hydrogen-bond acceptors (Lipinski definition) is 2. The molecule has 0 amide bonds. The van der Waals surface area contributed by atoms with Crippen LogP contribution in [0, 0.1) is 0 Å². The van der Waals surface area contributed by atoms with Gasteiger partial charge in [0.05, 0.1) is 0 Å². The lowest BCUT2D eigenvalue weighted by Crippen LogP contribution is -2.02. The molecular formula is C13H11NO3. The number of aryl methyl sites for hydroxylation is 1. The molecule has 0 atom stereocenters. The number of ketones is 1. The molecule has 4 heteroatoms. The van der Waals surface area contributed by atoms with Crippen molar-refractivity contribution in [3.8, 4) is 0 Å². The van der Waals surface area contributed by atoms with Crippen LogP contribution in [0.1, 0.15) is 26.4 Å². The van der Waals surface area contributed by atoms with Crippen LogP contribution in [0.3, 0.4) is 0 Å². The van der Waals surface area contributed by atoms with E-state index in [9.17, 15) is 9.59 Å². The summed E-state index contributed by atoms with van der Waals surface area (Å²) in [7, 11) is 1.60. The largest absolute Gasteiger partial charge is 0.477 e. The number of aromatic nitrogens is 1. The highest BCUT2D eigenvalue weighted by Gasteiger charge is 2.15. The maximum Gasteiger partial charge on any atom is 0.352 e. The molecule has 0 aliphatic heterocycles. The lowest BCUT2D eigenvalue weighted by Gasteiger charge is -1.96. The molecule has 0 aliphatic rings. The number of rotatable bonds is 3. The molecule has 1 heterocycles. The predicted molar refractivity (Wildman–Crippen MR) is 62.2 cm³/mol. The van der Waals surface area contributed by atoms with Gasteiger partial charge < -0.3 is 9.67 Å². The van der Waals surface area contributed by atoms with E-state index in [0.29, 0.717) is 11.1 Å². The van der Waals surface area contributed by atoms with Gasteiger partial charge in [0.15, 0.2) is 5.78 Å². The smallest absolute Gasteiger partial charge is 0.352 e. The summed E-state index contributed by atoms with van der Waals surface area (Å²) >= 11 is 0. The Labute approximate surface area is 98.1 Å². The van der Waals surface area contributed by atoms with Gasteiger partial charge in [-0.25, -0.2) is 4.79 Å². The van der Waals surface area contributed by atoms with Crippen molar-refractivity contribution in [2.24, 2.45) is 7.05 Å². The number of carbonyl (C=O) groups is 2. The standard InChI is InChI=1S/C13H11NO3/c1-14-8-10(7-11(14)13(16)17)12(15)9-5-3-2-4-6-9/h2-8H,1H3,(H,16,17). The van der Waals surface area contributed by atoms with E-state index in [1.165, 1.54) is 16.8 Å². The van der Waals surface area contributed by atoms with Crippen molar-refractivity contribution in [2.45, 2.75) is 0 Å². The third-order valence-corrected chi connectivity index (χ3v) is 2.52. The van der Waals surface area contributed by atoms with Crippen LogP contribution in [0.2, 0.25) is 0 Å². The Bertz CT molecular complexity index is 570. The van der Waals surface area contributed by atoms with E-state index in [0.717, 1.165) is 0 Å². The van der Waals surface area contributed by atoms with Gasteiger partial charge in [-0.3, -0.25) is 4.79 Å². The molecule has 17 heavy (non-hydrogen) atoms. The second-order valence-electron chi connectivity index (χ2n) is 3.73. The number of carboxylic acids is 1. The number of hydrogen-bond donors (Lipinski definition) is 1. The third kappa shape index (κ3) is 2.10. The highest BCUT2D eigenvalue weighted by molar-refractivity contribution is 6.09. The van der Waals surface area contributed by atoms with Gasteiger partial charge >= 0.3 is 5.97 Å². The summed E-state index contributed by atoms with van der Waals surface area (Å²) in [5, 5.41) is 8.90. The van der Waals surface area contributed by atoms with E-state index in [2.05, 4.69) is 0 Å². The normalized spacial score (nSPS) is 10.2. The summed E-state index contributed by atoms with van der Waals surface area (Å²) in [6.45, 7) is 0. The van der Waals surface area contributed by atoms with Gasteiger partial charge in [0.25, 0.3) is 0 Å². The minimum atomic E-state index is -1.04. The summed E-state index contributed by atoms with van der Waals surface area (Å²) in [5.41, 5.74) is 1.04. The second-order valence-corrected chi connectivity index (χ2v) is 3.73. The molecule has 0 unspecified atom stereocenters. The molecule has 2 rings (SSSR count). The molecule has 86 valence electrons. The number of aromatic carboxylic acids is 1. The third-order valence-electron chi connectivity index (χ3n) is 2.52. The molecular weight excluding hydrogens is 218 g/mol. The van der Waals surface area contributed by atoms with E-state index in [1.807, 2.05) is 6.07 Å². The molecule has 1 aromatic heterocycles. The Kier molecular flexibility index (Phi) is 2.78. The van der Waals surface area contributed by atoms with Gasteiger partial charge in [-0.15, -0.1) is 0 Å². The van der Waals surface area contributed by atoms with Gasteiger partial charge in [-0.1, -0.05) is 30.3 Å². The molecule has 0 aliphatic carbocycles. The summed E-state index contributed by atoms with van der Waals surface area (Å²) in [6.07, 6.45) is 1.53. The van der Waals surface area contributed by atoms with Gasteiger partial charge in [0.1, 0.15) is 5.69 Å². The van der Waals surface area contributed by atoms with Crippen molar-refractivity contribution in [1.82, 2.24) is 4.57 Å². The van der Waals surface area contributed by atoms with Crippen molar-refractivity contribution in [3.05, 3.63) is 59.4 Å². The Morgan fingerprint density at radius 2 is 1.76 bits per heavy atom. The van der Waals surface area contributed by atoms with Gasteiger partial charge in [-0.2, -0.15) is 0 Å². The van der Waals surface area contributed by atoms with Crippen molar-refractivity contribution in [1.29, 1.82) is 0 Å². The van der Waals surface area contributed by atoms with Crippen LogP contribution in [-0.4, -0.2) is 21.4 Å². The molecule has 0 saturated carbocycles. The minimum absolute atomic E-state index is 0.101. The Morgan fingerprint density at radius 1 is 1.12 bits per heavy atom. The molecule has 0 bridgehead atoms. The second kappa shape index (κ2) is 4.25. The maximum absolute atomic E-state index is 12.0. The summed E-state index contributed by atoms with van der Waals surface area (Å²) in [4.78, 5) is 22.9. The van der Waals surface area contributed by atoms with E-state index >= 15 is 0 Å². The molecule has 0 radical (unpaired) electrons. The van der Waals surface area contributed by atoms with Crippen molar-refractivity contribution in [3.63, 3.8) is 0 Å². The quantitative estimate of drug-likeness (QED) is 0.818. The first-order valence-corrected chi connectivity index (χ1v) is 5.09. The molecule has 1 aromatic carbocycles. The molecule has 0 saturated heterocycles. The van der Waals surface area contributed by atoms with Crippen LogP contribution in [0.4, 0.5) is 0 Å². The highest BCUT2D eigenvalue weighted by atomic mass is 16.4. The highest BCUT2D eigenvalue weighted by Crippen LogP contribution is 2.13. The zero-order valence-electron chi connectivity index (χ0n) is 9.25. The van der Waals surface area contributed by atoms with Crippen molar-refractivity contribution in [2.75, 3.05) is 0 Å². The number of benzene rings is 1. The first-order valence-electron chi connectivity index (χ1n) is 5.09. The lowest BCUT2D eigenvalue weighted by molar-refractivity contribution is 0.0686. The predicted octanol–water partition coefficient (Wildman–Crippen LogP) is 1.95. The molecule has 4 nitrogen and oxygen atoms in total. The average Bonchev–Trinajstić information content (AvgIpc) is 2.71. The fourth-order valence-corrected chi connectivity index (χ4v) is 1.66. The minimum Gasteiger partial charge on any atom is -0.477 e. The zero-order valence-corrected chi connectivity index (χ0v) is 9.25. The van der Waals surface area contributed by atoms with Crippen molar-refractivity contribution >= 4 is 11.8 Å². The molecule has 2 aromatic rings. The first kappa shape index (κ1) is 11.1. The van der Waals surface area contributed by atoms with Crippen LogP contribution in [0.25, 0.3) is 0 Å². The summed E-state index contributed by atoms with van der Waals surface area (Å²) in [5.74, 6) is -1.21. The number of carboxylic acid groups (broad SMARTS) is 1. The molecule has 0 fully saturated rings. The molecule has 0 spiro atoms. The monoisotopic (exact) mass is 229 g/mol.